The number of amides is 1. The lowest BCUT2D eigenvalue weighted by Crippen LogP contribution is -2.45. The molecule has 0 spiro atoms. The number of rotatable bonds is 4. The van der Waals surface area contributed by atoms with Crippen molar-refractivity contribution in [2.75, 3.05) is 27.2 Å². The Kier molecular flexibility index (Phi) is 5.50. The van der Waals surface area contributed by atoms with Crippen LogP contribution in [0.3, 0.4) is 0 Å². The van der Waals surface area contributed by atoms with E-state index in [0.29, 0.717) is 24.1 Å². The van der Waals surface area contributed by atoms with Crippen LogP contribution in [-0.2, 0) is 30.6 Å². The molecular formula is C22H27FN4O2. The Bertz CT molecular complexity index is 985. The van der Waals surface area contributed by atoms with E-state index in [4.69, 9.17) is 4.98 Å². The summed E-state index contributed by atoms with van der Waals surface area (Å²) in [6, 6.07) is 6.23. The molecule has 7 heteroatoms. The Hall–Kier alpha value is -2.54. The van der Waals surface area contributed by atoms with Crippen LogP contribution >= 0.6 is 0 Å². The van der Waals surface area contributed by atoms with Crippen LogP contribution in [-0.4, -0.2) is 52.4 Å². The maximum atomic E-state index is 13.4. The summed E-state index contributed by atoms with van der Waals surface area (Å²) in [6.45, 7) is 1.62. The number of fused-ring (bicyclic) bond motifs is 2. The average molecular weight is 398 g/mol. The molecule has 0 radical (unpaired) electrons. The van der Waals surface area contributed by atoms with Crippen LogP contribution < -0.4 is 5.56 Å². The molecule has 29 heavy (non-hydrogen) atoms. The number of nitrogens with zero attached hydrogens (tertiary/aromatic N) is 4. The van der Waals surface area contributed by atoms with E-state index in [2.05, 4.69) is 4.90 Å². The molecule has 0 bridgehead atoms. The van der Waals surface area contributed by atoms with Crippen LogP contribution in [0.25, 0.3) is 0 Å². The minimum atomic E-state index is -0.347. The molecule has 1 atom stereocenters. The van der Waals surface area contributed by atoms with Crippen LogP contribution in [0.15, 0.2) is 29.1 Å². The number of likely N-dealkylation sites (N-methyl/N-ethyl adjacent to an activating group) is 1. The first-order valence-electron chi connectivity index (χ1n) is 10.2. The van der Waals surface area contributed by atoms with Crippen molar-refractivity contribution in [3.63, 3.8) is 0 Å². The normalized spacial score (nSPS) is 18.5. The maximum absolute atomic E-state index is 13.4. The lowest BCUT2D eigenvalue weighted by molar-refractivity contribution is -0.131. The summed E-state index contributed by atoms with van der Waals surface area (Å²) < 4.78 is 15.3. The van der Waals surface area contributed by atoms with Crippen molar-refractivity contribution in [1.29, 1.82) is 0 Å². The third-order valence-corrected chi connectivity index (χ3v) is 5.81. The number of carbonyl (C=O) groups excluding carboxylic acids is 1. The standard InChI is InChI=1S/C22H27FN4O2/c1-25(2)13-17-7-4-8-20-24-19-9-10-26(14-18(19)22(29)27(17)20)21(28)12-15-5-3-6-16(23)11-15/h3,5-6,11,17H,4,7-10,12-14H2,1-2H3. The molecular weight excluding hydrogens is 371 g/mol. The summed E-state index contributed by atoms with van der Waals surface area (Å²) in [5.74, 6) is 0.444. The number of benzene rings is 1. The molecule has 4 rings (SSSR count). The SMILES string of the molecule is CN(C)CC1CCCc2nc3c(c(=O)n21)CN(C(=O)Cc1cccc(F)c1)CC3. The number of aromatic nitrogens is 2. The first-order chi connectivity index (χ1) is 13.9. The van der Waals surface area contributed by atoms with E-state index in [1.165, 1.54) is 12.1 Å². The third-order valence-electron chi connectivity index (χ3n) is 5.81. The van der Waals surface area contributed by atoms with E-state index in [1.54, 1.807) is 17.0 Å². The van der Waals surface area contributed by atoms with Gasteiger partial charge in [-0.05, 0) is 44.6 Å². The molecule has 6 nitrogen and oxygen atoms in total. The van der Waals surface area contributed by atoms with Crippen LogP contribution in [0.2, 0.25) is 0 Å². The Morgan fingerprint density at radius 3 is 2.90 bits per heavy atom. The van der Waals surface area contributed by atoms with Gasteiger partial charge in [-0.1, -0.05) is 12.1 Å². The summed E-state index contributed by atoms with van der Waals surface area (Å²) in [5.41, 5.74) is 2.12. The molecule has 2 aromatic rings. The van der Waals surface area contributed by atoms with Crippen molar-refractivity contribution in [2.45, 2.75) is 44.7 Å². The Morgan fingerprint density at radius 2 is 2.14 bits per heavy atom. The number of hydrogen-bond donors (Lipinski definition) is 0. The molecule has 1 aromatic heterocycles. The highest BCUT2D eigenvalue weighted by Gasteiger charge is 2.30. The summed E-state index contributed by atoms with van der Waals surface area (Å²) in [4.78, 5) is 34.7. The highest BCUT2D eigenvalue weighted by Crippen LogP contribution is 2.25. The second-order valence-corrected chi connectivity index (χ2v) is 8.31. The van der Waals surface area contributed by atoms with Gasteiger partial charge in [-0.15, -0.1) is 0 Å². The fraction of sp³-hybridized carbons (Fsp3) is 0.500. The van der Waals surface area contributed by atoms with Crippen molar-refractivity contribution in [3.8, 4) is 0 Å². The Labute approximate surface area is 170 Å². The molecule has 0 saturated heterocycles. The third kappa shape index (κ3) is 4.10. The fourth-order valence-corrected chi connectivity index (χ4v) is 4.46. The quantitative estimate of drug-likeness (QED) is 0.790. The molecule has 0 N–H and O–H groups in total. The fourth-order valence-electron chi connectivity index (χ4n) is 4.46. The van der Waals surface area contributed by atoms with E-state index in [0.717, 1.165) is 37.3 Å². The maximum Gasteiger partial charge on any atom is 0.259 e. The molecule has 0 fully saturated rings. The van der Waals surface area contributed by atoms with Gasteiger partial charge >= 0.3 is 0 Å². The molecule has 0 saturated carbocycles. The molecule has 3 heterocycles. The first kappa shape index (κ1) is 19.8. The zero-order valence-corrected chi connectivity index (χ0v) is 17.0. The van der Waals surface area contributed by atoms with E-state index in [9.17, 15) is 14.0 Å². The zero-order chi connectivity index (χ0) is 20.5. The average Bonchev–Trinajstić information content (AvgIpc) is 2.67. The van der Waals surface area contributed by atoms with Gasteiger partial charge in [0.2, 0.25) is 5.91 Å². The van der Waals surface area contributed by atoms with Gasteiger partial charge in [-0.2, -0.15) is 0 Å². The summed E-state index contributed by atoms with van der Waals surface area (Å²) in [5, 5.41) is 0. The lowest BCUT2D eigenvalue weighted by Gasteiger charge is -2.33. The largest absolute Gasteiger partial charge is 0.337 e. The summed E-state index contributed by atoms with van der Waals surface area (Å²) in [7, 11) is 4.02. The monoisotopic (exact) mass is 398 g/mol. The number of halogens is 1. The smallest absolute Gasteiger partial charge is 0.259 e. The van der Waals surface area contributed by atoms with Crippen molar-refractivity contribution in [1.82, 2.24) is 19.4 Å². The van der Waals surface area contributed by atoms with Gasteiger partial charge in [0.1, 0.15) is 11.6 Å². The number of aryl methyl sites for hydroxylation is 1. The lowest BCUT2D eigenvalue weighted by atomic mass is 10.00. The van der Waals surface area contributed by atoms with Crippen LogP contribution in [0.5, 0.6) is 0 Å². The predicted octanol–water partition coefficient (Wildman–Crippen LogP) is 1.95. The van der Waals surface area contributed by atoms with Crippen LogP contribution in [0.1, 0.15) is 41.5 Å². The predicted molar refractivity (Wildman–Crippen MR) is 108 cm³/mol. The molecule has 154 valence electrons. The summed E-state index contributed by atoms with van der Waals surface area (Å²) in [6.07, 6.45) is 3.56. The van der Waals surface area contributed by atoms with Gasteiger partial charge in [0, 0.05) is 25.9 Å². The van der Waals surface area contributed by atoms with Crippen molar-refractivity contribution in [2.24, 2.45) is 0 Å². The van der Waals surface area contributed by atoms with Gasteiger partial charge in [-0.25, -0.2) is 9.37 Å². The Morgan fingerprint density at radius 1 is 1.31 bits per heavy atom. The van der Waals surface area contributed by atoms with Crippen LogP contribution in [0, 0.1) is 5.82 Å². The second-order valence-electron chi connectivity index (χ2n) is 8.31. The van der Waals surface area contributed by atoms with Gasteiger partial charge in [0.05, 0.1) is 30.3 Å². The minimum absolute atomic E-state index is 0.000180. The first-order valence-corrected chi connectivity index (χ1v) is 10.2. The highest BCUT2D eigenvalue weighted by atomic mass is 19.1. The van der Waals surface area contributed by atoms with Crippen molar-refractivity contribution >= 4 is 5.91 Å². The van der Waals surface area contributed by atoms with E-state index in [-0.39, 0.29) is 36.3 Å². The molecule has 1 unspecified atom stereocenters. The van der Waals surface area contributed by atoms with Crippen molar-refractivity contribution < 1.29 is 9.18 Å². The summed E-state index contributed by atoms with van der Waals surface area (Å²) >= 11 is 0. The second kappa shape index (κ2) is 8.06. The molecule has 1 aromatic carbocycles. The topological polar surface area (TPSA) is 58.4 Å². The molecule has 2 aliphatic rings. The van der Waals surface area contributed by atoms with Gasteiger partial charge < -0.3 is 9.80 Å². The van der Waals surface area contributed by atoms with Crippen molar-refractivity contribution in [3.05, 3.63) is 63.1 Å². The van der Waals surface area contributed by atoms with Gasteiger partial charge in [0.15, 0.2) is 0 Å². The Balaban J connectivity index is 1.59. The van der Waals surface area contributed by atoms with Crippen LogP contribution in [0.4, 0.5) is 4.39 Å². The van der Waals surface area contributed by atoms with E-state index < -0.39 is 0 Å². The van der Waals surface area contributed by atoms with Gasteiger partial charge in [0.25, 0.3) is 5.56 Å². The molecule has 2 aliphatic heterocycles. The number of hydrogen-bond acceptors (Lipinski definition) is 4. The highest BCUT2D eigenvalue weighted by molar-refractivity contribution is 5.79. The van der Waals surface area contributed by atoms with E-state index in [1.807, 2.05) is 18.7 Å². The molecule has 1 amide bonds. The van der Waals surface area contributed by atoms with E-state index >= 15 is 0 Å². The van der Waals surface area contributed by atoms with Gasteiger partial charge in [-0.3, -0.25) is 14.2 Å². The minimum Gasteiger partial charge on any atom is -0.337 e. The molecule has 0 aliphatic carbocycles. The zero-order valence-electron chi connectivity index (χ0n) is 17.0. The number of carbonyl (C=O) groups is 1.